The fraction of sp³-hybridized carbons (Fsp3) is 0.233. The van der Waals surface area contributed by atoms with Crippen molar-refractivity contribution in [3.63, 3.8) is 0 Å². The molecule has 12 heteroatoms. The number of aromatic nitrogens is 3. The highest BCUT2D eigenvalue weighted by Gasteiger charge is 2.12. The molecule has 0 fully saturated rings. The Hall–Kier alpha value is -3.45. The fourth-order valence-corrected chi connectivity index (χ4v) is 6.63. The molecule has 2 heterocycles. The maximum atomic E-state index is 13.5. The number of nitrogens with zero attached hydrogens (tertiary/aromatic N) is 3. The Bertz CT molecular complexity index is 1800. The highest BCUT2D eigenvalue weighted by molar-refractivity contribution is 9.10. The van der Waals surface area contributed by atoms with Crippen LogP contribution in [0.1, 0.15) is 23.9 Å². The minimum Gasteiger partial charge on any atom is -0.488 e. The van der Waals surface area contributed by atoms with Crippen LogP contribution >= 0.6 is 27.3 Å². The van der Waals surface area contributed by atoms with E-state index >= 15 is 0 Å². The summed E-state index contributed by atoms with van der Waals surface area (Å²) in [6.45, 7) is 2.50. The summed E-state index contributed by atoms with van der Waals surface area (Å²) in [5, 5.41) is 6.90. The Morgan fingerprint density at radius 3 is 2.71 bits per heavy atom. The van der Waals surface area contributed by atoms with E-state index in [-0.39, 0.29) is 37.1 Å². The molecule has 0 saturated carbocycles. The zero-order valence-corrected chi connectivity index (χ0v) is 25.9. The van der Waals surface area contributed by atoms with Gasteiger partial charge in [-0.3, -0.25) is 0 Å². The lowest BCUT2D eigenvalue weighted by Crippen LogP contribution is -2.15. The summed E-state index contributed by atoms with van der Waals surface area (Å²) >= 11 is 5.03. The number of nitrogens with one attached hydrogen (secondary N) is 1. The van der Waals surface area contributed by atoms with Crippen LogP contribution in [0.25, 0.3) is 22.2 Å². The Morgan fingerprint density at radius 1 is 1.02 bits per heavy atom. The summed E-state index contributed by atoms with van der Waals surface area (Å²) in [5.74, 6) is 1.16. The summed E-state index contributed by atoms with van der Waals surface area (Å²) in [6, 6.07) is 17.8. The molecule has 0 atom stereocenters. The third-order valence-electron chi connectivity index (χ3n) is 6.24. The minimum atomic E-state index is -3.07. The summed E-state index contributed by atoms with van der Waals surface area (Å²) < 4.78 is 49.4. The van der Waals surface area contributed by atoms with E-state index in [0.29, 0.717) is 18.0 Å². The van der Waals surface area contributed by atoms with Gasteiger partial charge < -0.3 is 14.8 Å². The van der Waals surface area contributed by atoms with Crippen LogP contribution in [0.3, 0.4) is 0 Å². The second-order valence-electron chi connectivity index (χ2n) is 9.47. The lowest BCUT2D eigenvalue weighted by Gasteiger charge is -2.12. The van der Waals surface area contributed by atoms with Crippen molar-refractivity contribution in [1.82, 2.24) is 15.0 Å². The molecular formula is C30H28BrFN4O4S2. The average molecular weight is 672 g/mol. The average Bonchev–Trinajstić information content (AvgIpc) is 3.44. The van der Waals surface area contributed by atoms with E-state index in [9.17, 15) is 12.8 Å². The quantitative estimate of drug-likeness (QED) is 0.130. The highest BCUT2D eigenvalue weighted by Crippen LogP contribution is 2.33. The first kappa shape index (κ1) is 30.0. The maximum absolute atomic E-state index is 13.5. The van der Waals surface area contributed by atoms with Crippen LogP contribution in [-0.2, 0) is 27.8 Å². The summed E-state index contributed by atoms with van der Waals surface area (Å²) in [5.41, 5.74) is 3.99. The van der Waals surface area contributed by atoms with Crippen molar-refractivity contribution in [3.05, 3.63) is 93.2 Å². The molecule has 0 radical (unpaired) electrons. The number of hydrogen-bond donors (Lipinski definition) is 1. The molecule has 0 aliphatic heterocycles. The highest BCUT2D eigenvalue weighted by atomic mass is 79.9. The van der Waals surface area contributed by atoms with Crippen molar-refractivity contribution in [3.8, 4) is 17.0 Å². The molecule has 3 aromatic carbocycles. The number of ether oxygens (including phenoxy) is 2. The van der Waals surface area contributed by atoms with Gasteiger partial charge in [0.15, 0.2) is 9.84 Å². The van der Waals surface area contributed by atoms with Gasteiger partial charge in [0.2, 0.25) is 0 Å². The number of fused-ring (bicyclic) bond motifs is 1. The van der Waals surface area contributed by atoms with Gasteiger partial charge in [-0.05, 0) is 70.4 Å². The van der Waals surface area contributed by atoms with E-state index in [1.807, 2.05) is 54.8 Å². The number of halogens is 2. The van der Waals surface area contributed by atoms with Crippen LogP contribution in [0.15, 0.2) is 76.8 Å². The molecule has 1 N–H and O–H groups in total. The number of hydrogen-bond acceptors (Lipinski definition) is 9. The predicted octanol–water partition coefficient (Wildman–Crippen LogP) is 7.32. The second kappa shape index (κ2) is 13.7. The smallest absolute Gasteiger partial charge is 0.152 e. The number of thiazole rings is 1. The van der Waals surface area contributed by atoms with Crippen molar-refractivity contribution in [2.24, 2.45) is 0 Å². The normalized spacial score (nSPS) is 11.6. The Morgan fingerprint density at radius 2 is 1.90 bits per heavy atom. The van der Waals surface area contributed by atoms with Gasteiger partial charge in [-0.2, -0.15) is 0 Å². The molecule has 0 amide bonds. The Labute approximate surface area is 256 Å². The lowest BCUT2D eigenvalue weighted by atomic mass is 10.1. The molecule has 0 aliphatic rings. The topological polar surface area (TPSA) is 103 Å². The maximum Gasteiger partial charge on any atom is 0.152 e. The van der Waals surface area contributed by atoms with Crippen molar-refractivity contribution < 1.29 is 22.3 Å². The third kappa shape index (κ3) is 7.88. The van der Waals surface area contributed by atoms with Crippen molar-refractivity contribution >= 4 is 59.5 Å². The molecule has 2 aromatic heterocycles. The Balaban J connectivity index is 1.26. The number of rotatable bonds is 13. The molecular weight excluding hydrogens is 643 g/mol. The fourth-order valence-electron chi connectivity index (χ4n) is 4.20. The first-order valence-corrected chi connectivity index (χ1v) is 16.7. The summed E-state index contributed by atoms with van der Waals surface area (Å²) in [6.07, 6.45) is 2.11. The number of anilines is 2. The van der Waals surface area contributed by atoms with Gasteiger partial charge in [0.05, 0.1) is 34.6 Å². The monoisotopic (exact) mass is 670 g/mol. The van der Waals surface area contributed by atoms with Gasteiger partial charge in [-0.15, -0.1) is 11.3 Å². The van der Waals surface area contributed by atoms with Gasteiger partial charge in [0.25, 0.3) is 0 Å². The van der Waals surface area contributed by atoms with Crippen molar-refractivity contribution in [2.75, 3.05) is 23.4 Å². The zero-order chi connectivity index (χ0) is 29.5. The van der Waals surface area contributed by atoms with E-state index in [4.69, 9.17) is 9.47 Å². The van der Waals surface area contributed by atoms with Gasteiger partial charge in [0, 0.05) is 27.8 Å². The van der Waals surface area contributed by atoms with Gasteiger partial charge >= 0.3 is 0 Å². The number of benzene rings is 3. The Kier molecular flexibility index (Phi) is 9.78. The SMILES string of the molecule is CCCS(=O)(=O)CCOCc1nc(-c2ccc3ncnc(Nc4ccc(OCc5cccc(F)c5)c(Br)c4)c3c2)cs1. The first-order valence-electron chi connectivity index (χ1n) is 13.2. The van der Waals surface area contributed by atoms with Crippen molar-refractivity contribution in [2.45, 2.75) is 26.6 Å². The molecule has 218 valence electrons. The standard InChI is InChI=1S/C30H28BrFN4O4S2/c1-2-11-42(37,38)12-10-39-17-29-36-27(18-41-29)21-6-8-26-24(14-21)30(34-19-33-26)35-23-7-9-28(25(31)15-23)40-16-20-4-3-5-22(32)13-20/h3-9,13-15,18-19H,2,10-12,16-17H2,1H3,(H,33,34,35). The molecule has 0 spiro atoms. The van der Waals surface area contributed by atoms with Crippen LogP contribution in [-0.4, -0.2) is 41.5 Å². The second-order valence-corrected chi connectivity index (χ2v) is 13.6. The van der Waals surface area contributed by atoms with Crippen LogP contribution < -0.4 is 10.1 Å². The molecule has 5 aromatic rings. The van der Waals surface area contributed by atoms with E-state index in [1.165, 1.54) is 29.8 Å². The summed E-state index contributed by atoms with van der Waals surface area (Å²) in [7, 11) is -3.07. The van der Waals surface area contributed by atoms with Crippen LogP contribution in [0.2, 0.25) is 0 Å². The van der Waals surface area contributed by atoms with Crippen molar-refractivity contribution in [1.29, 1.82) is 0 Å². The van der Waals surface area contributed by atoms with E-state index in [1.54, 1.807) is 6.07 Å². The van der Waals surface area contributed by atoms with Crippen LogP contribution in [0.5, 0.6) is 5.75 Å². The summed E-state index contributed by atoms with van der Waals surface area (Å²) in [4.78, 5) is 13.6. The first-order chi connectivity index (χ1) is 20.3. The van der Waals surface area contributed by atoms with Crippen LogP contribution in [0, 0.1) is 5.82 Å². The molecule has 0 saturated heterocycles. The lowest BCUT2D eigenvalue weighted by molar-refractivity contribution is 0.135. The van der Waals surface area contributed by atoms with E-state index in [0.717, 1.165) is 42.9 Å². The number of sulfone groups is 1. The molecule has 0 unspecified atom stereocenters. The van der Waals surface area contributed by atoms with Crippen LogP contribution in [0.4, 0.5) is 15.9 Å². The molecule has 0 bridgehead atoms. The van der Waals surface area contributed by atoms with E-state index < -0.39 is 9.84 Å². The molecule has 8 nitrogen and oxygen atoms in total. The zero-order valence-electron chi connectivity index (χ0n) is 22.7. The third-order valence-corrected chi connectivity index (χ3v) is 9.50. The minimum absolute atomic E-state index is 0.0146. The van der Waals surface area contributed by atoms with E-state index in [2.05, 4.69) is 36.2 Å². The van der Waals surface area contributed by atoms with Gasteiger partial charge in [-0.1, -0.05) is 25.1 Å². The molecule has 5 rings (SSSR count). The molecule has 42 heavy (non-hydrogen) atoms. The predicted molar refractivity (Wildman–Crippen MR) is 167 cm³/mol. The molecule has 0 aliphatic carbocycles. The largest absolute Gasteiger partial charge is 0.488 e. The van der Waals surface area contributed by atoms with Gasteiger partial charge in [0.1, 0.15) is 35.3 Å². The van der Waals surface area contributed by atoms with Gasteiger partial charge in [-0.25, -0.2) is 27.8 Å².